The average Bonchev–Trinajstić information content (AvgIpc) is 2.25. The third kappa shape index (κ3) is 8.74. The Labute approximate surface area is 122 Å². The molecule has 0 aromatic carbocycles. The van der Waals surface area contributed by atoms with Gasteiger partial charge in [-0.15, -0.1) is 0 Å². The summed E-state index contributed by atoms with van der Waals surface area (Å²) in [6.07, 6.45) is 8.27. The van der Waals surface area contributed by atoms with Crippen molar-refractivity contribution in [2.45, 2.75) is 60.8 Å². The highest BCUT2D eigenvalue weighted by Gasteiger charge is 2.04. The van der Waals surface area contributed by atoms with Crippen LogP contribution in [0.15, 0.2) is 34.4 Å². The Hall–Kier alpha value is -0.300. The molecular weight excluding hydrogens is 284 g/mol. The molecule has 0 saturated carbocycles. The summed E-state index contributed by atoms with van der Waals surface area (Å²) in [6.45, 7) is 13.4. The van der Waals surface area contributed by atoms with Crippen molar-refractivity contribution in [2.24, 2.45) is 5.92 Å². The molecule has 0 N–H and O–H groups in total. The molecule has 0 aliphatic heterocycles. The molecule has 0 rings (SSSR count). The highest BCUT2D eigenvalue weighted by Crippen LogP contribution is 2.21. The van der Waals surface area contributed by atoms with Gasteiger partial charge in [-0.05, 0) is 59.8 Å². The maximum Gasteiger partial charge on any atom is 0.0217 e. The molecule has 1 unspecified atom stereocenters. The van der Waals surface area contributed by atoms with Crippen LogP contribution in [0.4, 0.5) is 0 Å². The van der Waals surface area contributed by atoms with Crippen molar-refractivity contribution in [2.75, 3.05) is 5.33 Å². The lowest BCUT2D eigenvalue weighted by molar-refractivity contribution is 0.525. The van der Waals surface area contributed by atoms with Gasteiger partial charge in [-0.3, -0.25) is 0 Å². The van der Waals surface area contributed by atoms with Crippen molar-refractivity contribution in [3.63, 3.8) is 0 Å². The van der Waals surface area contributed by atoms with Crippen LogP contribution in [0.5, 0.6) is 0 Å². The highest BCUT2D eigenvalue weighted by molar-refractivity contribution is 9.09. The molecule has 0 saturated heterocycles. The fourth-order valence-electron chi connectivity index (χ4n) is 1.99. The molecule has 0 aromatic heterocycles. The van der Waals surface area contributed by atoms with Gasteiger partial charge in [0.2, 0.25) is 0 Å². The van der Waals surface area contributed by atoms with E-state index in [9.17, 15) is 0 Å². The maximum atomic E-state index is 3.43. The van der Waals surface area contributed by atoms with Gasteiger partial charge >= 0.3 is 0 Å². The Morgan fingerprint density at radius 3 is 2.22 bits per heavy atom. The second kappa shape index (κ2) is 9.61. The zero-order valence-corrected chi connectivity index (χ0v) is 14.5. The summed E-state index contributed by atoms with van der Waals surface area (Å²) in [7, 11) is 0. The number of hydrogen-bond acceptors (Lipinski definition) is 0. The monoisotopic (exact) mass is 312 g/mol. The topological polar surface area (TPSA) is 0 Å². The van der Waals surface area contributed by atoms with E-state index < -0.39 is 0 Å². The third-order valence-corrected chi connectivity index (χ3v) is 3.73. The van der Waals surface area contributed by atoms with Crippen molar-refractivity contribution in [1.29, 1.82) is 0 Å². The largest absolute Gasteiger partial charge is 0.0883 e. The molecule has 1 heteroatoms. The highest BCUT2D eigenvalue weighted by atomic mass is 79.9. The minimum atomic E-state index is 0.771. The van der Waals surface area contributed by atoms with Gasteiger partial charge in [-0.2, -0.15) is 0 Å². The summed E-state index contributed by atoms with van der Waals surface area (Å²) in [5.74, 6) is 0.771. The molecular formula is C17H29Br. The molecule has 0 radical (unpaired) electrons. The fraction of sp³-hybridized carbons (Fsp3) is 0.647. The molecule has 0 aliphatic carbocycles. The van der Waals surface area contributed by atoms with Crippen LogP contribution in [-0.4, -0.2) is 5.33 Å². The second-order valence-electron chi connectivity index (χ2n) is 5.72. The van der Waals surface area contributed by atoms with Gasteiger partial charge in [0.1, 0.15) is 0 Å². The van der Waals surface area contributed by atoms with E-state index in [0.29, 0.717) is 0 Å². The first kappa shape index (κ1) is 17.7. The first-order chi connectivity index (χ1) is 8.36. The molecule has 18 heavy (non-hydrogen) atoms. The Morgan fingerprint density at radius 2 is 1.72 bits per heavy atom. The Morgan fingerprint density at radius 1 is 1.11 bits per heavy atom. The van der Waals surface area contributed by atoms with E-state index in [2.05, 4.69) is 69.6 Å². The van der Waals surface area contributed by atoms with Crippen LogP contribution in [-0.2, 0) is 0 Å². The summed E-state index contributed by atoms with van der Waals surface area (Å²) in [4.78, 5) is 0. The number of halogens is 1. The van der Waals surface area contributed by atoms with Crippen molar-refractivity contribution in [3.8, 4) is 0 Å². The fourth-order valence-corrected chi connectivity index (χ4v) is 2.50. The molecule has 0 amide bonds. The average molecular weight is 313 g/mol. The van der Waals surface area contributed by atoms with Crippen LogP contribution in [0.2, 0.25) is 0 Å². The van der Waals surface area contributed by atoms with Gasteiger partial charge in [0.05, 0.1) is 0 Å². The van der Waals surface area contributed by atoms with Crippen LogP contribution in [0.1, 0.15) is 60.8 Å². The number of rotatable bonds is 7. The predicted octanol–water partition coefficient (Wildman–Crippen LogP) is 6.44. The zero-order chi connectivity index (χ0) is 14.1. The zero-order valence-electron chi connectivity index (χ0n) is 12.9. The first-order valence-electron chi connectivity index (χ1n) is 6.89. The lowest BCUT2D eigenvalue weighted by Crippen LogP contribution is -1.97. The minimum Gasteiger partial charge on any atom is -0.0883 e. The van der Waals surface area contributed by atoms with Crippen molar-refractivity contribution in [3.05, 3.63) is 34.4 Å². The molecule has 0 heterocycles. The van der Waals surface area contributed by atoms with Crippen LogP contribution in [0.25, 0.3) is 0 Å². The molecule has 0 bridgehead atoms. The van der Waals surface area contributed by atoms with Gasteiger partial charge < -0.3 is 0 Å². The lowest BCUT2D eigenvalue weighted by Gasteiger charge is -2.13. The van der Waals surface area contributed by atoms with E-state index in [-0.39, 0.29) is 0 Å². The summed E-state index contributed by atoms with van der Waals surface area (Å²) >= 11 is 3.43. The number of alkyl halides is 1. The Kier molecular flexibility index (Phi) is 9.45. The molecule has 1 atom stereocenters. The van der Waals surface area contributed by atoms with Crippen LogP contribution < -0.4 is 0 Å². The molecule has 0 nitrogen and oxygen atoms in total. The van der Waals surface area contributed by atoms with Gasteiger partial charge in [-0.1, -0.05) is 57.3 Å². The van der Waals surface area contributed by atoms with Crippen molar-refractivity contribution in [1.82, 2.24) is 0 Å². The predicted molar refractivity (Wildman–Crippen MR) is 88.4 cm³/mol. The summed E-state index contributed by atoms with van der Waals surface area (Å²) < 4.78 is 0. The van der Waals surface area contributed by atoms with Crippen molar-refractivity contribution >= 4 is 15.9 Å². The molecule has 0 aromatic rings. The Balaban J connectivity index is 4.21. The number of allylic oxidation sites excluding steroid dienone is 6. The van der Waals surface area contributed by atoms with E-state index in [4.69, 9.17) is 0 Å². The van der Waals surface area contributed by atoms with E-state index >= 15 is 0 Å². The lowest BCUT2D eigenvalue weighted by atomic mass is 9.93. The summed E-state index contributed by atoms with van der Waals surface area (Å²) in [5.41, 5.74) is 5.88. The molecule has 0 spiro atoms. The number of hydrogen-bond donors (Lipinski definition) is 0. The summed E-state index contributed by atoms with van der Waals surface area (Å²) in [6, 6.07) is 0. The van der Waals surface area contributed by atoms with E-state index in [1.807, 2.05) is 0 Å². The smallest absolute Gasteiger partial charge is 0.0217 e. The molecule has 0 aliphatic rings. The Bertz CT molecular complexity index is 328. The van der Waals surface area contributed by atoms with Gasteiger partial charge in [0.25, 0.3) is 0 Å². The van der Waals surface area contributed by atoms with Crippen LogP contribution >= 0.6 is 15.9 Å². The molecule has 104 valence electrons. The van der Waals surface area contributed by atoms with E-state index in [1.54, 1.807) is 5.57 Å². The second-order valence-corrected chi connectivity index (χ2v) is 6.37. The standard InChI is InChI=1S/C17H29Br/c1-13(2)17(6)8-7-14(3)11-16(5)12-15(4)9-10-18/h9,12,14H,7-8,10-11H2,1-6H3/b15-9+,16-12+. The van der Waals surface area contributed by atoms with E-state index in [1.165, 1.54) is 36.0 Å². The quantitative estimate of drug-likeness (QED) is 0.288. The van der Waals surface area contributed by atoms with E-state index in [0.717, 1.165) is 11.2 Å². The van der Waals surface area contributed by atoms with Crippen molar-refractivity contribution < 1.29 is 0 Å². The van der Waals surface area contributed by atoms with Gasteiger partial charge in [-0.25, -0.2) is 0 Å². The summed E-state index contributed by atoms with van der Waals surface area (Å²) in [5, 5.41) is 0.942. The first-order valence-corrected chi connectivity index (χ1v) is 8.01. The molecule has 0 fully saturated rings. The van der Waals surface area contributed by atoms with Gasteiger partial charge in [0.15, 0.2) is 0 Å². The minimum absolute atomic E-state index is 0.771. The normalized spacial score (nSPS) is 14.6. The van der Waals surface area contributed by atoms with Crippen LogP contribution in [0, 0.1) is 5.92 Å². The SMILES string of the molecule is CC(C)=C(C)CCC(C)C/C(C)=C/C(C)=C/CBr. The maximum absolute atomic E-state index is 3.43. The van der Waals surface area contributed by atoms with Crippen LogP contribution in [0.3, 0.4) is 0 Å². The van der Waals surface area contributed by atoms with Gasteiger partial charge in [0, 0.05) is 5.33 Å². The third-order valence-electron chi connectivity index (χ3n) is 3.41.